The van der Waals surface area contributed by atoms with Gasteiger partial charge < -0.3 is 0 Å². The van der Waals surface area contributed by atoms with Crippen LogP contribution in [0.4, 0.5) is 0 Å². The van der Waals surface area contributed by atoms with Gasteiger partial charge in [-0.1, -0.05) is 0 Å². The second-order valence-corrected chi connectivity index (χ2v) is 6.26. The van der Waals surface area contributed by atoms with Crippen molar-refractivity contribution in [1.29, 1.82) is 0 Å². The predicted molar refractivity (Wildman–Crippen MR) is 60.5 cm³/mol. The van der Waals surface area contributed by atoms with Gasteiger partial charge in [0.2, 0.25) is 0 Å². The van der Waals surface area contributed by atoms with Crippen molar-refractivity contribution < 1.29 is 0 Å². The molecule has 4 heteroatoms. The first kappa shape index (κ1) is 7.61. The van der Waals surface area contributed by atoms with Crippen LogP contribution < -0.4 is 3.55 Å². The Bertz CT molecular complexity index is 543. The van der Waals surface area contributed by atoms with Crippen LogP contribution in [0.5, 0.6) is 0 Å². The fraction of sp³-hybridized carbons (Fsp3) is 0. The summed E-state index contributed by atoms with van der Waals surface area (Å²) in [5, 5.41) is 3.63. The molecule has 3 aromatic rings. The molecule has 0 spiro atoms. The Morgan fingerprint density at radius 2 is 2.17 bits per heavy atom. The molecule has 0 saturated heterocycles. The monoisotopic (exact) mass is 202 g/mol. The summed E-state index contributed by atoms with van der Waals surface area (Å²) in [4.78, 5) is 0. The van der Waals surface area contributed by atoms with Gasteiger partial charge in [0.05, 0.1) is 0 Å². The van der Waals surface area contributed by atoms with Crippen LogP contribution in [0.15, 0.2) is 17.5 Å². The van der Waals surface area contributed by atoms with Crippen LogP contribution in [-0.4, -0.2) is 17.7 Å². The Balaban J connectivity index is 2.64. The quantitative estimate of drug-likeness (QED) is 0.492. The van der Waals surface area contributed by atoms with E-state index in [-0.39, 0.29) is 0 Å². The first-order chi connectivity index (χ1) is 5.84. The Morgan fingerprint density at radius 3 is 3.08 bits per heavy atom. The Morgan fingerprint density at radius 1 is 1.25 bits per heavy atom. The number of thiophene rings is 3. The minimum absolute atomic E-state index is 1.42. The van der Waals surface area contributed by atoms with Crippen molar-refractivity contribution in [2.75, 3.05) is 0 Å². The van der Waals surface area contributed by atoms with Gasteiger partial charge in [0.15, 0.2) is 0 Å². The van der Waals surface area contributed by atoms with Gasteiger partial charge in [0.25, 0.3) is 0 Å². The minimum atomic E-state index is 1.42. The first-order valence-corrected chi connectivity index (χ1v) is 6.22. The summed E-state index contributed by atoms with van der Waals surface area (Å²) in [5.41, 5.74) is 0. The standard InChI is InChI=1S/C8H3S3.Li/c1-3-10-8-5(1)7-6(11-8)2-4-9-7;/h1-3H;. The molecule has 0 N–H and O–H groups in total. The molecule has 0 radical (unpaired) electrons. The summed E-state index contributed by atoms with van der Waals surface area (Å²) in [6.07, 6.45) is 0. The van der Waals surface area contributed by atoms with Crippen molar-refractivity contribution in [3.8, 4) is 0 Å². The van der Waals surface area contributed by atoms with Crippen molar-refractivity contribution >= 4 is 74.1 Å². The molecule has 0 aliphatic rings. The maximum absolute atomic E-state index is 2.29. The molecular formula is C8H3LiS3. The summed E-state index contributed by atoms with van der Waals surface area (Å²) in [5.74, 6) is 0. The molecule has 0 aliphatic carbocycles. The zero-order valence-electron chi connectivity index (χ0n) is 6.46. The first-order valence-electron chi connectivity index (χ1n) is 3.71. The number of rotatable bonds is 0. The Kier molecular flexibility index (Phi) is 1.65. The normalized spacial score (nSPS) is 11.8. The van der Waals surface area contributed by atoms with Gasteiger partial charge in [0, 0.05) is 0 Å². The molecule has 12 heavy (non-hydrogen) atoms. The third-order valence-corrected chi connectivity index (χ3v) is 5.30. The molecular weight excluding hydrogens is 199 g/mol. The summed E-state index contributed by atoms with van der Waals surface area (Å²) in [7, 11) is 0. The van der Waals surface area contributed by atoms with Gasteiger partial charge in [-0.2, -0.15) is 0 Å². The number of hydrogen-bond acceptors (Lipinski definition) is 3. The van der Waals surface area contributed by atoms with Crippen LogP contribution in [0.1, 0.15) is 0 Å². The number of hydrogen-bond donors (Lipinski definition) is 0. The summed E-state index contributed by atoms with van der Waals surface area (Å²) in [6.45, 7) is 0. The molecule has 0 aromatic carbocycles. The van der Waals surface area contributed by atoms with Crippen LogP contribution in [0.3, 0.4) is 0 Å². The average Bonchev–Trinajstić information content (AvgIpc) is 2.59. The molecule has 3 heterocycles. The van der Waals surface area contributed by atoms with E-state index in [1.807, 2.05) is 34.0 Å². The van der Waals surface area contributed by atoms with Crippen LogP contribution >= 0.6 is 34.0 Å². The average molecular weight is 202 g/mol. The molecule has 3 aromatic heterocycles. The van der Waals surface area contributed by atoms with Gasteiger partial charge in [-0.25, -0.2) is 0 Å². The molecule has 0 fully saturated rings. The predicted octanol–water partition coefficient (Wildman–Crippen LogP) is 2.97. The van der Waals surface area contributed by atoms with E-state index in [4.69, 9.17) is 0 Å². The zero-order valence-corrected chi connectivity index (χ0v) is 8.91. The zero-order chi connectivity index (χ0) is 8.13. The topological polar surface area (TPSA) is 0 Å². The fourth-order valence-electron chi connectivity index (χ4n) is 1.40. The van der Waals surface area contributed by atoms with Crippen molar-refractivity contribution in [2.45, 2.75) is 0 Å². The van der Waals surface area contributed by atoms with Crippen LogP contribution in [0, 0.1) is 0 Å². The molecule has 0 saturated carbocycles. The summed E-state index contributed by atoms with van der Waals surface area (Å²) in [6, 6.07) is 4.52. The van der Waals surface area contributed by atoms with Gasteiger partial charge in [-0.3, -0.25) is 0 Å². The Hall–Kier alpha value is 0.217. The van der Waals surface area contributed by atoms with E-state index >= 15 is 0 Å². The van der Waals surface area contributed by atoms with E-state index in [2.05, 4.69) is 35.2 Å². The second kappa shape index (κ2) is 2.60. The van der Waals surface area contributed by atoms with Gasteiger partial charge in [-0.05, 0) is 0 Å². The van der Waals surface area contributed by atoms with E-state index in [1.54, 1.807) is 0 Å². The van der Waals surface area contributed by atoms with Crippen LogP contribution in [0.2, 0.25) is 0 Å². The van der Waals surface area contributed by atoms with Crippen molar-refractivity contribution in [1.82, 2.24) is 0 Å². The van der Waals surface area contributed by atoms with Gasteiger partial charge in [-0.15, -0.1) is 0 Å². The van der Waals surface area contributed by atoms with Gasteiger partial charge >= 0.3 is 91.6 Å². The molecule has 0 amide bonds. The maximum atomic E-state index is 2.29. The van der Waals surface area contributed by atoms with Crippen molar-refractivity contribution in [3.05, 3.63) is 17.5 Å². The molecule has 0 bridgehead atoms. The van der Waals surface area contributed by atoms with E-state index in [1.165, 1.54) is 22.3 Å². The third kappa shape index (κ3) is 0.951. The van der Waals surface area contributed by atoms with E-state index < -0.39 is 0 Å². The Labute approximate surface area is 91.0 Å². The van der Waals surface area contributed by atoms with E-state index in [0.29, 0.717) is 0 Å². The second-order valence-electron chi connectivity index (χ2n) is 2.77. The number of fused-ring (bicyclic) bond motifs is 3. The summed E-state index contributed by atoms with van der Waals surface area (Å²) >= 11 is 7.85. The van der Waals surface area contributed by atoms with E-state index in [9.17, 15) is 0 Å². The van der Waals surface area contributed by atoms with Gasteiger partial charge in [0.1, 0.15) is 0 Å². The fourth-order valence-corrected chi connectivity index (χ4v) is 4.96. The van der Waals surface area contributed by atoms with Crippen molar-refractivity contribution in [3.63, 3.8) is 0 Å². The molecule has 0 atom stereocenters. The van der Waals surface area contributed by atoms with Crippen LogP contribution in [0.25, 0.3) is 18.8 Å². The molecule has 0 unspecified atom stereocenters. The molecule has 54 valence electrons. The van der Waals surface area contributed by atoms with Crippen molar-refractivity contribution in [2.24, 2.45) is 0 Å². The molecule has 0 nitrogen and oxygen atoms in total. The van der Waals surface area contributed by atoms with E-state index in [0.717, 1.165) is 0 Å². The summed E-state index contributed by atoms with van der Waals surface area (Å²) < 4.78 is 5.83. The third-order valence-electron chi connectivity index (χ3n) is 1.90. The molecule has 0 aliphatic heterocycles. The van der Waals surface area contributed by atoms with Crippen LogP contribution in [-0.2, 0) is 0 Å². The SMILES string of the molecule is [Li][c]1cc2sc3sccc3c2s1. The molecule has 3 rings (SSSR count).